The van der Waals surface area contributed by atoms with Crippen molar-refractivity contribution in [2.75, 3.05) is 77.8 Å². The van der Waals surface area contributed by atoms with E-state index >= 15 is 4.79 Å². The van der Waals surface area contributed by atoms with Crippen molar-refractivity contribution < 1.29 is 38.1 Å². The highest BCUT2D eigenvalue weighted by molar-refractivity contribution is 7.10. The number of ether oxygens (including phenoxy) is 5. The van der Waals surface area contributed by atoms with Gasteiger partial charge in [-0.15, -0.1) is 11.3 Å². The number of carbonyl (C=O) groups is 3. The molecule has 4 aliphatic heterocycles. The van der Waals surface area contributed by atoms with Gasteiger partial charge in [0, 0.05) is 129 Å². The van der Waals surface area contributed by atoms with Crippen LogP contribution in [-0.2, 0) is 51.0 Å². The van der Waals surface area contributed by atoms with Crippen LogP contribution >= 0.6 is 11.3 Å². The van der Waals surface area contributed by atoms with Crippen LogP contribution in [0.25, 0.3) is 33.4 Å². The van der Waals surface area contributed by atoms with E-state index in [0.717, 1.165) is 101 Å². The summed E-state index contributed by atoms with van der Waals surface area (Å²) in [5.41, 5.74) is 11.2. The van der Waals surface area contributed by atoms with Crippen molar-refractivity contribution in [3.05, 3.63) is 82.2 Å². The fourth-order valence-corrected chi connectivity index (χ4v) is 13.0. The van der Waals surface area contributed by atoms with Crippen molar-refractivity contribution >= 4 is 45.7 Å². The molecule has 11 rings (SSSR count). The number of rotatable bonds is 14. The molecule has 406 valence electrons. The van der Waals surface area contributed by atoms with Gasteiger partial charge >= 0.3 is 5.97 Å². The van der Waals surface area contributed by atoms with Crippen LogP contribution in [0.1, 0.15) is 113 Å². The first kappa shape index (κ1) is 52.7. The number of fused-ring (bicyclic) bond motifs is 6. The number of carbonyl (C=O) groups excluding carboxylic acids is 3. The van der Waals surface area contributed by atoms with Crippen LogP contribution in [0.5, 0.6) is 0 Å². The number of thiazole rings is 1. The van der Waals surface area contributed by atoms with E-state index in [-0.39, 0.29) is 49.1 Å². The lowest BCUT2D eigenvalue weighted by atomic mass is 9.84. The molecule has 1 aromatic carbocycles. The van der Waals surface area contributed by atoms with Crippen LogP contribution in [0.3, 0.4) is 0 Å². The molecule has 8 heterocycles. The van der Waals surface area contributed by atoms with Gasteiger partial charge in [-0.1, -0.05) is 32.9 Å². The summed E-state index contributed by atoms with van der Waals surface area (Å²) in [6.45, 7) is 17.3. The predicted octanol–water partition coefficient (Wildman–Crippen LogP) is 7.64. The highest BCUT2D eigenvalue weighted by Crippen LogP contribution is 2.53. The van der Waals surface area contributed by atoms with Gasteiger partial charge in [0.15, 0.2) is 0 Å². The molecule has 5 fully saturated rings. The Morgan fingerprint density at radius 1 is 1.00 bits per heavy atom. The molecule has 2 amide bonds. The molecule has 18 heteroatoms. The van der Waals surface area contributed by atoms with Crippen molar-refractivity contribution in [2.24, 2.45) is 17.3 Å². The lowest BCUT2D eigenvalue weighted by Crippen LogP contribution is -2.61. The molecule has 2 N–H and O–H groups in total. The van der Waals surface area contributed by atoms with E-state index in [9.17, 15) is 9.59 Å². The van der Waals surface area contributed by atoms with Gasteiger partial charge in [0.1, 0.15) is 23.2 Å². The largest absolute Gasteiger partial charge is 0.464 e. The molecule has 17 nitrogen and oxygen atoms in total. The second-order valence-electron chi connectivity index (χ2n) is 22.5. The monoisotopic (exact) mass is 1060 g/mol. The quantitative estimate of drug-likeness (QED) is 0.104. The van der Waals surface area contributed by atoms with E-state index in [1.807, 2.05) is 43.6 Å². The molecular formula is C58H75N9O8S. The number of nitrogens with zero attached hydrogens (tertiary/aromatic N) is 7. The Morgan fingerprint density at radius 3 is 2.57 bits per heavy atom. The molecule has 6 bridgehead atoms. The fraction of sp³-hybridized carbons (Fsp3) is 0.586. The molecule has 3 saturated heterocycles. The summed E-state index contributed by atoms with van der Waals surface area (Å²) in [5, 5.41) is 8.24. The number of hydrogen-bond acceptors (Lipinski definition) is 15. The Kier molecular flexibility index (Phi) is 15.6. The molecule has 0 spiro atoms. The number of cyclic esters (lactones) is 1. The van der Waals surface area contributed by atoms with Crippen molar-refractivity contribution in [1.82, 2.24) is 40.2 Å². The van der Waals surface area contributed by atoms with Gasteiger partial charge in [-0.2, -0.15) is 0 Å². The smallest absolute Gasteiger partial charge is 0.324 e. The Balaban J connectivity index is 1.03. The van der Waals surface area contributed by atoms with E-state index < -0.39 is 35.5 Å². The second kappa shape index (κ2) is 22.6. The summed E-state index contributed by atoms with van der Waals surface area (Å²) in [6.07, 6.45) is 8.51. The van der Waals surface area contributed by atoms with Gasteiger partial charge in [-0.25, -0.2) is 10.4 Å². The molecule has 2 aliphatic carbocycles. The van der Waals surface area contributed by atoms with E-state index in [1.54, 1.807) is 13.3 Å². The lowest BCUT2D eigenvalue weighted by molar-refractivity contribution is -0.156. The number of esters is 1. The van der Waals surface area contributed by atoms with Gasteiger partial charge in [-0.3, -0.25) is 34.3 Å². The third-order valence-electron chi connectivity index (χ3n) is 16.6. The van der Waals surface area contributed by atoms with Crippen molar-refractivity contribution in [3.63, 3.8) is 0 Å². The highest BCUT2D eigenvalue weighted by Gasteiger charge is 2.54. The van der Waals surface area contributed by atoms with Crippen LogP contribution in [0.4, 0.5) is 5.69 Å². The number of amides is 2. The summed E-state index contributed by atoms with van der Waals surface area (Å²) in [4.78, 5) is 64.0. The lowest BCUT2D eigenvalue weighted by Gasteiger charge is -2.37. The minimum atomic E-state index is -1.16. The summed E-state index contributed by atoms with van der Waals surface area (Å²) in [7, 11) is 1.74. The number of anilines is 1. The van der Waals surface area contributed by atoms with Crippen LogP contribution in [0.15, 0.2) is 60.2 Å². The number of piperazine rings is 1. The average Bonchev–Trinajstić information content (AvgIpc) is 4.35. The maximum Gasteiger partial charge on any atom is 0.324 e. The van der Waals surface area contributed by atoms with Crippen LogP contribution in [0.2, 0.25) is 0 Å². The third-order valence-corrected chi connectivity index (χ3v) is 17.5. The molecule has 6 aliphatic rings. The van der Waals surface area contributed by atoms with E-state index in [0.29, 0.717) is 57.2 Å². The number of aromatic nitrogens is 4. The summed E-state index contributed by atoms with van der Waals surface area (Å²) in [6, 6.07) is 13.4. The van der Waals surface area contributed by atoms with Gasteiger partial charge in [-0.05, 0) is 101 Å². The standard InChI is InChI=1S/C58H75N9O8S/c1-7-73-53-51(62-54(68)49-35(2)48(49)44-11-8-9-19-59-44)56(69)67-20-10-12-45(63-67)57(70)75-34-58(4,5)31-43-41-29-37(46-33-76-55(53)61-46)13-16-47(41)66(25-28-74-40-17-26-72-27-18-40)52(43)42-30-39(32-60-50(42)36(3)71-6)65-23-21-64(22-24-65)38-14-15-38/h8-9,11,13,16,19,29-30,32-33,35-36,38,40,45,48-49,51,53,63H,7,10,12,14-15,17-18,20-28,31,34H2,1-6H3,(H,62,68)/t35-,36-,45-,48-,49+,51-,53-/m0/s1. The zero-order chi connectivity index (χ0) is 52.7. The first-order valence-corrected chi connectivity index (χ1v) is 28.7. The topological polar surface area (TPSA) is 175 Å². The van der Waals surface area contributed by atoms with Crippen LogP contribution in [0, 0.1) is 17.3 Å². The molecule has 5 aromatic rings. The van der Waals surface area contributed by atoms with Gasteiger partial charge in [0.2, 0.25) is 5.91 Å². The minimum absolute atomic E-state index is 0.0235. The van der Waals surface area contributed by atoms with Crippen LogP contribution < -0.4 is 15.6 Å². The van der Waals surface area contributed by atoms with Crippen molar-refractivity contribution in [1.29, 1.82) is 0 Å². The minimum Gasteiger partial charge on any atom is -0.464 e. The fourth-order valence-electron chi connectivity index (χ4n) is 12.1. The molecule has 76 heavy (non-hydrogen) atoms. The number of pyridine rings is 2. The molecule has 7 atom stereocenters. The third kappa shape index (κ3) is 11.0. The molecule has 0 unspecified atom stereocenters. The SMILES string of the molecule is CCO[C@@H]1c2nc(cs2)-c2ccc3c(c2)c(c(-c2cc(N4CCN(C5CC5)CC4)cnc2[C@H](C)OC)n3CCOC2CCOCC2)CC(C)(C)COC(=O)[C@@H]2CCCN(N2)C(=O)[C@H]1NC(=O)[C@@H]1[C@@H](C)[C@H]1c1ccccn1. The zero-order valence-corrected chi connectivity index (χ0v) is 45.8. The zero-order valence-electron chi connectivity index (χ0n) is 45.0. The summed E-state index contributed by atoms with van der Waals surface area (Å²) >= 11 is 1.40. The van der Waals surface area contributed by atoms with Gasteiger partial charge in [0.25, 0.3) is 5.91 Å². The molecule has 0 radical (unpaired) electrons. The Labute approximate surface area is 450 Å². The number of benzene rings is 1. The average molecular weight is 1060 g/mol. The number of nitrogens with one attached hydrogen (secondary N) is 2. The van der Waals surface area contributed by atoms with E-state index in [4.69, 9.17) is 33.7 Å². The Hall–Kier alpha value is -5.34. The number of methoxy groups -OCH3 is 1. The normalized spacial score (nSPS) is 26.0. The number of hydrazine groups is 1. The second-order valence-corrected chi connectivity index (χ2v) is 23.4. The molecular weight excluding hydrogens is 983 g/mol. The summed E-state index contributed by atoms with van der Waals surface area (Å²) < 4.78 is 33.7. The first-order valence-electron chi connectivity index (χ1n) is 27.8. The maximum absolute atomic E-state index is 15.0. The summed E-state index contributed by atoms with van der Waals surface area (Å²) in [5.74, 6) is -1.54. The predicted molar refractivity (Wildman–Crippen MR) is 291 cm³/mol. The van der Waals surface area contributed by atoms with E-state index in [1.165, 1.54) is 29.2 Å². The van der Waals surface area contributed by atoms with Gasteiger partial charge < -0.3 is 38.5 Å². The number of hydrogen-bond donors (Lipinski definition) is 2. The Bertz CT molecular complexity index is 2880. The van der Waals surface area contributed by atoms with Crippen molar-refractivity contribution in [3.8, 4) is 22.5 Å². The molecule has 4 aromatic heterocycles. The maximum atomic E-state index is 15.0. The highest BCUT2D eigenvalue weighted by atomic mass is 32.1. The van der Waals surface area contributed by atoms with Crippen molar-refractivity contribution in [2.45, 2.75) is 128 Å². The Morgan fingerprint density at radius 2 is 1.82 bits per heavy atom. The molecule has 2 saturated carbocycles. The first-order chi connectivity index (χ1) is 36.9. The van der Waals surface area contributed by atoms with E-state index in [2.05, 4.69) is 75.1 Å². The van der Waals surface area contributed by atoms with Crippen LogP contribution in [-0.4, -0.2) is 144 Å². The van der Waals surface area contributed by atoms with Gasteiger partial charge in [0.05, 0.1) is 54.4 Å².